The Balaban J connectivity index is 1.87. The standard InChI is InChI=1S/C12H11BrClN3O/c13-8-4-3-7(5-9(8)14)10(15)11-16-12(18-17-11)6-1-2-6/h3-6,10H,1-2,15H2. The number of hydrogen-bond acceptors (Lipinski definition) is 4. The van der Waals surface area contributed by atoms with Crippen LogP contribution >= 0.6 is 27.5 Å². The molecule has 1 atom stereocenters. The minimum absolute atomic E-state index is 0.410. The normalized spacial score (nSPS) is 16.8. The molecule has 2 N–H and O–H groups in total. The SMILES string of the molecule is NC(c1ccc(Br)c(Cl)c1)c1noc(C2CC2)n1. The number of hydrogen-bond donors (Lipinski definition) is 1. The van der Waals surface area contributed by atoms with Crippen molar-refractivity contribution < 1.29 is 4.52 Å². The fourth-order valence-electron chi connectivity index (χ4n) is 1.72. The van der Waals surface area contributed by atoms with E-state index >= 15 is 0 Å². The third-order valence-electron chi connectivity index (χ3n) is 2.96. The van der Waals surface area contributed by atoms with Crippen LogP contribution in [0.1, 0.15) is 42.1 Å². The van der Waals surface area contributed by atoms with Gasteiger partial charge in [-0.05, 0) is 46.5 Å². The molecule has 1 saturated carbocycles. The molecular weight excluding hydrogens is 318 g/mol. The van der Waals surface area contributed by atoms with E-state index in [0.29, 0.717) is 22.7 Å². The number of nitrogens with zero attached hydrogens (tertiary/aromatic N) is 2. The molecule has 1 fully saturated rings. The molecule has 1 aromatic carbocycles. The lowest BCUT2D eigenvalue weighted by atomic mass is 10.1. The zero-order valence-corrected chi connectivity index (χ0v) is 11.8. The maximum atomic E-state index is 6.11. The maximum absolute atomic E-state index is 6.11. The van der Waals surface area contributed by atoms with E-state index in [4.69, 9.17) is 21.9 Å². The summed E-state index contributed by atoms with van der Waals surface area (Å²) in [5.74, 6) is 1.64. The van der Waals surface area contributed by atoms with E-state index in [1.165, 1.54) is 0 Å². The molecule has 0 amide bonds. The molecule has 1 aliphatic rings. The van der Waals surface area contributed by atoms with Gasteiger partial charge in [0.15, 0.2) is 5.82 Å². The molecular formula is C12H11BrClN3O. The van der Waals surface area contributed by atoms with E-state index < -0.39 is 6.04 Å². The van der Waals surface area contributed by atoms with E-state index in [1.807, 2.05) is 18.2 Å². The van der Waals surface area contributed by atoms with Crippen molar-refractivity contribution in [2.24, 2.45) is 5.73 Å². The molecule has 1 unspecified atom stereocenters. The van der Waals surface area contributed by atoms with Crippen LogP contribution in [0.4, 0.5) is 0 Å². The molecule has 0 saturated heterocycles. The smallest absolute Gasteiger partial charge is 0.229 e. The minimum atomic E-state index is -0.410. The monoisotopic (exact) mass is 327 g/mol. The summed E-state index contributed by atoms with van der Waals surface area (Å²) in [6, 6.07) is 5.16. The first kappa shape index (κ1) is 12.1. The molecule has 1 aromatic heterocycles. The molecule has 4 nitrogen and oxygen atoms in total. The third-order valence-corrected chi connectivity index (χ3v) is 4.20. The van der Waals surface area contributed by atoms with E-state index in [0.717, 1.165) is 22.9 Å². The highest BCUT2D eigenvalue weighted by Gasteiger charge is 2.30. The highest BCUT2D eigenvalue weighted by molar-refractivity contribution is 9.10. The second-order valence-electron chi connectivity index (χ2n) is 4.42. The lowest BCUT2D eigenvalue weighted by molar-refractivity contribution is 0.372. The quantitative estimate of drug-likeness (QED) is 0.937. The summed E-state index contributed by atoms with van der Waals surface area (Å²) in [5.41, 5.74) is 6.98. The summed E-state index contributed by atoms with van der Waals surface area (Å²) in [4.78, 5) is 4.34. The average Bonchev–Trinajstić information content (AvgIpc) is 3.10. The molecule has 18 heavy (non-hydrogen) atoms. The molecule has 1 aliphatic carbocycles. The molecule has 3 rings (SSSR count). The van der Waals surface area contributed by atoms with Gasteiger partial charge in [-0.1, -0.05) is 22.8 Å². The van der Waals surface area contributed by atoms with Crippen molar-refractivity contribution in [2.75, 3.05) is 0 Å². The molecule has 6 heteroatoms. The zero-order valence-electron chi connectivity index (χ0n) is 9.44. The molecule has 0 bridgehead atoms. The van der Waals surface area contributed by atoms with Crippen LogP contribution in [-0.2, 0) is 0 Å². The number of benzene rings is 1. The van der Waals surface area contributed by atoms with Gasteiger partial charge in [0.05, 0.1) is 11.1 Å². The highest BCUT2D eigenvalue weighted by atomic mass is 79.9. The van der Waals surface area contributed by atoms with Gasteiger partial charge < -0.3 is 10.3 Å². The summed E-state index contributed by atoms with van der Waals surface area (Å²) < 4.78 is 6.04. The number of nitrogens with two attached hydrogens (primary N) is 1. The largest absolute Gasteiger partial charge is 0.339 e. The van der Waals surface area contributed by atoms with Crippen LogP contribution in [0.15, 0.2) is 27.2 Å². The topological polar surface area (TPSA) is 64.9 Å². The van der Waals surface area contributed by atoms with E-state index in [2.05, 4.69) is 26.1 Å². The number of aromatic nitrogens is 2. The molecule has 0 radical (unpaired) electrons. The molecule has 2 aromatic rings. The summed E-state index contributed by atoms with van der Waals surface area (Å²) in [6.07, 6.45) is 2.25. The van der Waals surface area contributed by atoms with Crippen molar-refractivity contribution in [3.8, 4) is 0 Å². The van der Waals surface area contributed by atoms with Gasteiger partial charge in [0.1, 0.15) is 0 Å². The zero-order chi connectivity index (χ0) is 12.7. The second-order valence-corrected chi connectivity index (χ2v) is 5.68. The second kappa shape index (κ2) is 4.64. The van der Waals surface area contributed by atoms with Crippen LogP contribution in [0.25, 0.3) is 0 Å². The van der Waals surface area contributed by atoms with Gasteiger partial charge in [0.2, 0.25) is 5.89 Å². The lowest BCUT2D eigenvalue weighted by Gasteiger charge is -2.08. The summed E-state index contributed by atoms with van der Waals surface area (Å²) in [5, 5.41) is 4.56. The van der Waals surface area contributed by atoms with Crippen molar-refractivity contribution in [2.45, 2.75) is 24.8 Å². The third kappa shape index (κ3) is 2.30. The van der Waals surface area contributed by atoms with Gasteiger partial charge in [0, 0.05) is 10.4 Å². The molecule has 0 aliphatic heterocycles. The summed E-state index contributed by atoms with van der Waals surface area (Å²) >= 11 is 9.39. The summed E-state index contributed by atoms with van der Waals surface area (Å²) in [6.45, 7) is 0. The molecule has 94 valence electrons. The van der Waals surface area contributed by atoms with Crippen molar-refractivity contribution in [1.82, 2.24) is 10.1 Å². The first-order valence-corrected chi connectivity index (χ1v) is 6.86. The van der Waals surface area contributed by atoms with Crippen LogP contribution in [0, 0.1) is 0 Å². The van der Waals surface area contributed by atoms with Crippen molar-refractivity contribution >= 4 is 27.5 Å². The van der Waals surface area contributed by atoms with E-state index in [1.54, 1.807) is 0 Å². The van der Waals surface area contributed by atoms with Gasteiger partial charge in [-0.2, -0.15) is 4.98 Å². The van der Waals surface area contributed by atoms with Gasteiger partial charge in [-0.25, -0.2) is 0 Å². The number of halogens is 2. The maximum Gasteiger partial charge on any atom is 0.229 e. The Bertz CT molecular complexity index is 582. The van der Waals surface area contributed by atoms with E-state index in [-0.39, 0.29) is 0 Å². The van der Waals surface area contributed by atoms with Gasteiger partial charge in [0.25, 0.3) is 0 Å². The Kier molecular flexibility index (Phi) is 3.13. The Hall–Kier alpha value is -0.910. The van der Waals surface area contributed by atoms with Crippen molar-refractivity contribution in [3.05, 3.63) is 45.0 Å². The first-order valence-electron chi connectivity index (χ1n) is 5.69. The van der Waals surface area contributed by atoms with Gasteiger partial charge >= 0.3 is 0 Å². The minimum Gasteiger partial charge on any atom is -0.339 e. The summed E-state index contributed by atoms with van der Waals surface area (Å²) in [7, 11) is 0. The molecule has 0 spiro atoms. The highest BCUT2D eigenvalue weighted by Crippen LogP contribution is 2.39. The lowest BCUT2D eigenvalue weighted by Crippen LogP contribution is -2.13. The van der Waals surface area contributed by atoms with Crippen LogP contribution in [0.2, 0.25) is 5.02 Å². The van der Waals surface area contributed by atoms with Crippen LogP contribution in [-0.4, -0.2) is 10.1 Å². The Morgan fingerprint density at radius 3 is 2.89 bits per heavy atom. The van der Waals surface area contributed by atoms with Gasteiger partial charge in [-0.15, -0.1) is 0 Å². The fraction of sp³-hybridized carbons (Fsp3) is 0.333. The predicted octanol–water partition coefficient (Wildman–Crippen LogP) is 3.41. The fourth-order valence-corrected chi connectivity index (χ4v) is 2.16. The predicted molar refractivity (Wildman–Crippen MR) is 71.5 cm³/mol. The van der Waals surface area contributed by atoms with Gasteiger partial charge in [-0.3, -0.25) is 0 Å². The van der Waals surface area contributed by atoms with Crippen molar-refractivity contribution in [1.29, 1.82) is 0 Å². The Morgan fingerprint density at radius 2 is 2.22 bits per heavy atom. The van der Waals surface area contributed by atoms with E-state index in [9.17, 15) is 0 Å². The van der Waals surface area contributed by atoms with Crippen molar-refractivity contribution in [3.63, 3.8) is 0 Å². The Labute approximate surface area is 118 Å². The van der Waals surface area contributed by atoms with Crippen LogP contribution < -0.4 is 5.73 Å². The van der Waals surface area contributed by atoms with Crippen LogP contribution in [0.3, 0.4) is 0 Å². The first-order chi connectivity index (χ1) is 8.65. The Morgan fingerprint density at radius 1 is 1.44 bits per heavy atom. The van der Waals surface area contributed by atoms with Crippen LogP contribution in [0.5, 0.6) is 0 Å². The average molecular weight is 329 g/mol. The number of rotatable bonds is 3. The molecule has 1 heterocycles.